The molecule has 2 aliphatic rings. The number of aliphatic hydroxyl groups excluding tert-OH is 2. The molecule has 12 bridgehead atoms. The first-order valence-electron chi connectivity index (χ1n) is 24.3. The molecule has 420 valence electrons. The number of cyclic esters (lactones) is 1. The van der Waals surface area contributed by atoms with Crippen LogP contribution in [-0.2, 0) is 25.7 Å². The zero-order chi connectivity index (χ0) is 58.3. The number of nitrogens with one attached hydrogen (secondary N) is 6. The van der Waals surface area contributed by atoms with E-state index < -0.39 is 89.0 Å². The fourth-order valence-corrected chi connectivity index (χ4v) is 13.6. The van der Waals surface area contributed by atoms with E-state index in [0.29, 0.717) is 22.0 Å². The molecule has 11 N–H and O–H groups in total. The van der Waals surface area contributed by atoms with Crippen LogP contribution < -0.4 is 32.3 Å². The summed E-state index contributed by atoms with van der Waals surface area (Å²) in [5.41, 5.74) is 6.39. The molecule has 5 atom stereocenters. The molecule has 8 aromatic rings. The highest BCUT2D eigenvalue weighted by Crippen LogP contribution is 2.42. The van der Waals surface area contributed by atoms with Crippen molar-refractivity contribution in [3.63, 3.8) is 0 Å². The van der Waals surface area contributed by atoms with Crippen molar-refractivity contribution in [2.75, 3.05) is 5.75 Å². The van der Waals surface area contributed by atoms with Gasteiger partial charge in [0.25, 0.3) is 29.5 Å². The third-order valence-electron chi connectivity index (χ3n) is 12.6. The Bertz CT molecular complexity index is 3990. The quantitative estimate of drug-likeness (QED) is 0.0810. The number of carbonyl (C=O) groups is 8. The van der Waals surface area contributed by atoms with Gasteiger partial charge in [0.1, 0.15) is 83.3 Å². The second-order valence-electron chi connectivity index (χ2n) is 18.2. The molecular weight excluding hydrogens is 1180 g/mol. The van der Waals surface area contributed by atoms with Crippen molar-refractivity contribution in [3.05, 3.63) is 124 Å². The zero-order valence-electron chi connectivity index (χ0n) is 42.7. The number of pyridine rings is 1. The maximum absolute atomic E-state index is 14.5. The summed E-state index contributed by atoms with van der Waals surface area (Å²) in [4.78, 5) is 140. The number of thiazole rings is 5. The van der Waals surface area contributed by atoms with Gasteiger partial charge in [-0.15, -0.1) is 56.7 Å². The highest BCUT2D eigenvalue weighted by molar-refractivity contribution is 8.14. The van der Waals surface area contributed by atoms with Crippen LogP contribution in [0.5, 0.6) is 5.75 Å². The predicted octanol–water partition coefficient (Wildman–Crippen LogP) is 4.88. The number of nitrogens with zero attached hydrogens (tertiary/aromatic N) is 6. The minimum atomic E-state index is -1.84. The van der Waals surface area contributed by atoms with E-state index in [1.807, 2.05) is 0 Å². The first-order valence-corrected chi connectivity index (χ1v) is 29.7. The van der Waals surface area contributed by atoms with Crippen LogP contribution >= 0.6 is 68.4 Å². The average Bonchev–Trinajstić information content (AvgIpc) is 4.37. The Morgan fingerprint density at radius 3 is 2.17 bits per heavy atom. The number of hydrogen-bond acceptors (Lipinski definition) is 24. The summed E-state index contributed by atoms with van der Waals surface area (Å²) in [5, 5.41) is 55.1. The first kappa shape index (κ1) is 56.8. The van der Waals surface area contributed by atoms with Gasteiger partial charge in [0, 0.05) is 55.5 Å². The molecule has 0 fully saturated rings. The molecule has 6 amide bonds. The minimum Gasteiger partial charge on any atom is -0.506 e. The number of primary amides is 1. The Labute approximate surface area is 486 Å². The summed E-state index contributed by atoms with van der Waals surface area (Å²) in [5.74, 6) is -6.66. The molecule has 0 radical (unpaired) electrons. The van der Waals surface area contributed by atoms with Crippen molar-refractivity contribution in [1.29, 1.82) is 0 Å². The lowest BCUT2D eigenvalue weighted by molar-refractivity contribution is -0.155. The van der Waals surface area contributed by atoms with Gasteiger partial charge in [0.15, 0.2) is 6.10 Å². The third-order valence-corrected chi connectivity index (χ3v) is 18.1. The molecule has 0 aliphatic carbocycles. The molecule has 31 heteroatoms. The number of aryl methyl sites for hydroxylation is 1. The Morgan fingerprint density at radius 2 is 1.45 bits per heavy atom. The van der Waals surface area contributed by atoms with E-state index >= 15 is 0 Å². The van der Waals surface area contributed by atoms with Crippen LogP contribution in [0.25, 0.3) is 49.3 Å². The van der Waals surface area contributed by atoms with Crippen LogP contribution in [0.3, 0.4) is 0 Å². The number of aromatic nitrogens is 7. The van der Waals surface area contributed by atoms with Gasteiger partial charge < -0.3 is 57.4 Å². The van der Waals surface area contributed by atoms with Crippen molar-refractivity contribution in [1.82, 2.24) is 61.5 Å². The molecule has 1 aromatic carbocycles. The molecule has 2 aliphatic heterocycles. The first-order chi connectivity index (χ1) is 39.2. The van der Waals surface area contributed by atoms with E-state index in [1.54, 1.807) is 37.4 Å². The fourth-order valence-electron chi connectivity index (χ4n) is 8.44. The summed E-state index contributed by atoms with van der Waals surface area (Å²) < 4.78 is 5.63. The number of carbonyl (C=O) groups excluding carboxylic acids is 8. The third kappa shape index (κ3) is 11.7. The van der Waals surface area contributed by atoms with Crippen molar-refractivity contribution >= 4 is 132 Å². The summed E-state index contributed by atoms with van der Waals surface area (Å²) in [6.45, 7) is 7.74. The van der Waals surface area contributed by atoms with Crippen LogP contribution in [0.15, 0.2) is 69.5 Å². The van der Waals surface area contributed by atoms with Gasteiger partial charge in [-0.2, -0.15) is 0 Å². The number of esters is 1. The number of H-pyrrole nitrogens is 1. The van der Waals surface area contributed by atoms with E-state index in [4.69, 9.17) is 20.4 Å². The number of benzene rings is 1. The minimum absolute atomic E-state index is 0.0405. The topological polar surface area (TPSA) is 386 Å². The molecule has 82 heavy (non-hydrogen) atoms. The summed E-state index contributed by atoms with van der Waals surface area (Å²) in [6, 6.07) is 2.64. The fraction of sp³-hybridized carbons (Fsp3) is 0.216. The molecule has 25 nitrogen and oxygen atoms in total. The molecule has 0 spiro atoms. The number of thioether (sulfide) groups is 1. The largest absolute Gasteiger partial charge is 0.506 e. The van der Waals surface area contributed by atoms with Gasteiger partial charge in [0.2, 0.25) is 11.0 Å². The van der Waals surface area contributed by atoms with Crippen LogP contribution in [-0.4, -0.2) is 121 Å². The normalized spacial score (nSPS) is 19.2. The van der Waals surface area contributed by atoms with Gasteiger partial charge in [0.05, 0.1) is 35.3 Å². The lowest BCUT2D eigenvalue weighted by Gasteiger charge is -2.21. The molecule has 7 aromatic heterocycles. The van der Waals surface area contributed by atoms with Gasteiger partial charge in [-0.25, -0.2) is 34.7 Å². The summed E-state index contributed by atoms with van der Waals surface area (Å²) in [6.07, 6.45) is -2.29. The Balaban J connectivity index is 1.11. The van der Waals surface area contributed by atoms with E-state index in [-0.39, 0.29) is 99.9 Å². The second kappa shape index (κ2) is 23.6. The van der Waals surface area contributed by atoms with Crippen LogP contribution in [0.2, 0.25) is 0 Å². The molecule has 9 heterocycles. The van der Waals surface area contributed by atoms with Gasteiger partial charge in [-0.05, 0) is 44.0 Å². The number of hydrogen-bond donors (Lipinski definition) is 10. The predicted molar refractivity (Wildman–Crippen MR) is 305 cm³/mol. The molecule has 10 rings (SSSR count). The highest BCUT2D eigenvalue weighted by atomic mass is 32.2. The van der Waals surface area contributed by atoms with E-state index in [2.05, 4.69) is 58.1 Å². The summed E-state index contributed by atoms with van der Waals surface area (Å²) in [7, 11) is 0. The standard InChI is InChI=1S/C51H43N13O12S6/c1-5-23-46-60-28(14-79-46)41(70)56-25-10-33(67)50(74)76-11-21-7-6-8-24-34(21)18(2)35(54-24)51(75)82-17-31(57-42(71)29-15-80-47(25)61-29)48-58-26(12-78-48)37-22(45-59-30(13-77-45)43(72)64-36(20(4)65)44(73)55-23)9-32(66)38(63-37)49-62-27(16-81-49)40(69)53-19(3)39(52)68/h5-9,12-16,20,25,31,33,36,54,65-67H,3,10-11,17H2,1-2,4H3,(H2,52,68)(H,53,69)(H,55,73)(H,56,70)(H,57,71)(H,64,72)/b23-5-/t20-,25+,31+,33+,36+/m1/s1. The van der Waals surface area contributed by atoms with Crippen molar-refractivity contribution in [2.24, 2.45) is 5.73 Å². The molecule has 0 saturated carbocycles. The number of allylic oxidation sites excluding steroid dienone is 1. The Hall–Kier alpha value is -8.43. The number of aromatic amines is 1. The maximum Gasteiger partial charge on any atom is 0.335 e. The summed E-state index contributed by atoms with van der Waals surface area (Å²) >= 11 is 5.73. The van der Waals surface area contributed by atoms with E-state index in [1.165, 1.54) is 40.6 Å². The average molecular weight is 1220 g/mol. The lowest BCUT2D eigenvalue weighted by atomic mass is 10.1. The SMILES string of the molecule is C=C(NC(=O)c1csc(-c2nc3c(cc2O)-c2nc(cs2)C(=O)N[C@@H]([C@@H](C)O)C(=O)N/C(=C\C)c2nc(cs2)C(=O)N[C@H]2C[C@H](O)C(=O)OCc4cccc5[nH]c(c(C)c45)C(=O)SC[C@H](NC(=O)c4csc2n4)c2nc-3cs2)n1)C(N)=O. The monoisotopic (exact) mass is 1220 g/mol. The smallest absolute Gasteiger partial charge is 0.335 e. The van der Waals surface area contributed by atoms with Gasteiger partial charge in [-0.1, -0.05) is 36.5 Å². The van der Waals surface area contributed by atoms with Gasteiger partial charge in [-0.3, -0.25) is 33.6 Å². The van der Waals surface area contributed by atoms with Gasteiger partial charge >= 0.3 is 5.97 Å². The number of ether oxygens (including phenoxy) is 1. The number of aliphatic hydroxyl groups is 2. The number of fused-ring (bicyclic) bond motifs is 13. The Kier molecular flexibility index (Phi) is 16.3. The number of amides is 6. The van der Waals surface area contributed by atoms with Crippen molar-refractivity contribution in [2.45, 2.75) is 64.1 Å². The van der Waals surface area contributed by atoms with Crippen molar-refractivity contribution in [3.8, 4) is 38.4 Å². The molecule has 0 saturated heterocycles. The maximum atomic E-state index is 14.5. The van der Waals surface area contributed by atoms with Crippen LogP contribution in [0.1, 0.15) is 111 Å². The van der Waals surface area contributed by atoms with Crippen molar-refractivity contribution < 1.29 is 58.4 Å². The highest BCUT2D eigenvalue weighted by Gasteiger charge is 2.33. The molecule has 0 unspecified atom stereocenters. The Morgan fingerprint density at radius 1 is 0.817 bits per heavy atom. The lowest BCUT2D eigenvalue weighted by Crippen LogP contribution is -2.52. The van der Waals surface area contributed by atoms with Crippen LogP contribution in [0.4, 0.5) is 0 Å². The number of aromatic hydroxyl groups is 1. The van der Waals surface area contributed by atoms with E-state index in [9.17, 15) is 53.7 Å². The molecular formula is C51H43N13O12S6. The zero-order valence-corrected chi connectivity index (χ0v) is 47.6. The number of rotatable bonds is 5. The second-order valence-corrected chi connectivity index (χ2v) is 23.5. The van der Waals surface area contributed by atoms with Crippen LogP contribution in [0, 0.1) is 6.92 Å². The van der Waals surface area contributed by atoms with E-state index in [0.717, 1.165) is 68.4 Å². The number of nitrogens with two attached hydrogens (primary N) is 1.